The summed E-state index contributed by atoms with van der Waals surface area (Å²) < 4.78 is 9.93. The summed E-state index contributed by atoms with van der Waals surface area (Å²) in [5.74, 6) is 0.601. The number of methoxy groups -OCH3 is 1. The van der Waals surface area contributed by atoms with Crippen LogP contribution in [-0.4, -0.2) is 17.3 Å². The van der Waals surface area contributed by atoms with Gasteiger partial charge in [-0.25, -0.2) is 9.89 Å². The van der Waals surface area contributed by atoms with Gasteiger partial charge in [0.15, 0.2) is 0 Å². The van der Waals surface area contributed by atoms with Crippen LogP contribution in [0.4, 0.5) is 0 Å². The summed E-state index contributed by atoms with van der Waals surface area (Å²) in [5.41, 5.74) is 10.2. The topological polar surface area (TPSA) is 94.1 Å². The zero-order valence-electron chi connectivity index (χ0n) is 16.0. The molecule has 1 aliphatic carbocycles. The number of ether oxygens (including phenoxy) is 1. The van der Waals surface area contributed by atoms with Crippen LogP contribution in [-0.2, 0) is 12.8 Å². The third kappa shape index (κ3) is 4.48. The van der Waals surface area contributed by atoms with Crippen LogP contribution in [0.3, 0.4) is 0 Å². The predicted octanol–water partition coefficient (Wildman–Crippen LogP) is 3.64. The van der Waals surface area contributed by atoms with Gasteiger partial charge in [-0.1, -0.05) is 37.3 Å². The Kier molecular flexibility index (Phi) is 6.59. The molecule has 0 radical (unpaired) electrons. The Bertz CT molecular complexity index is 983. The summed E-state index contributed by atoms with van der Waals surface area (Å²) in [4.78, 5) is 11.9. The number of H-pyrrole nitrogens is 1. The Morgan fingerprint density at radius 3 is 2.64 bits per heavy atom. The Morgan fingerprint density at radius 1 is 1.21 bits per heavy atom. The van der Waals surface area contributed by atoms with Crippen LogP contribution in [0.15, 0.2) is 56.6 Å². The molecule has 2 aromatic carbocycles. The molecule has 148 valence electrons. The summed E-state index contributed by atoms with van der Waals surface area (Å²) in [6.07, 6.45) is 3.45. The van der Waals surface area contributed by atoms with Crippen molar-refractivity contribution in [1.29, 1.82) is 0 Å². The summed E-state index contributed by atoms with van der Waals surface area (Å²) in [7, 11) is 1.63. The zero-order chi connectivity index (χ0) is 20.1. The summed E-state index contributed by atoms with van der Waals surface area (Å²) >= 11 is 4.15. The molecule has 0 saturated carbocycles. The molecule has 0 bridgehead atoms. The SMILES string of the molecule is CC(c1cccc2c1CCC2)C(N)c1n[nH]c(=O)o1.COc1ccccc1S. The van der Waals surface area contributed by atoms with E-state index in [9.17, 15) is 4.79 Å². The van der Waals surface area contributed by atoms with E-state index in [1.165, 1.54) is 23.1 Å². The van der Waals surface area contributed by atoms with E-state index in [0.717, 1.165) is 23.5 Å². The molecular formula is C21H25N3O3S. The van der Waals surface area contributed by atoms with Gasteiger partial charge in [0.05, 0.1) is 13.2 Å². The molecule has 0 spiro atoms. The summed E-state index contributed by atoms with van der Waals surface area (Å²) in [6, 6.07) is 13.6. The van der Waals surface area contributed by atoms with E-state index >= 15 is 0 Å². The average molecular weight is 400 g/mol. The number of hydrogen-bond donors (Lipinski definition) is 3. The number of benzene rings is 2. The maximum atomic E-state index is 11.0. The lowest BCUT2D eigenvalue weighted by molar-refractivity contribution is 0.401. The van der Waals surface area contributed by atoms with Crippen molar-refractivity contribution in [2.75, 3.05) is 7.11 Å². The fourth-order valence-electron chi connectivity index (χ4n) is 3.50. The van der Waals surface area contributed by atoms with Crippen molar-refractivity contribution in [3.63, 3.8) is 0 Å². The molecule has 1 aliphatic rings. The lowest BCUT2D eigenvalue weighted by Gasteiger charge is -2.20. The largest absolute Gasteiger partial charge is 0.496 e. The minimum atomic E-state index is -0.559. The average Bonchev–Trinajstić information content (AvgIpc) is 3.36. The highest BCUT2D eigenvalue weighted by Crippen LogP contribution is 2.34. The fraction of sp³-hybridized carbons (Fsp3) is 0.333. The number of aromatic nitrogens is 2. The number of nitrogens with zero attached hydrogens (tertiary/aromatic N) is 1. The van der Waals surface area contributed by atoms with E-state index in [0.29, 0.717) is 0 Å². The lowest BCUT2D eigenvalue weighted by Crippen LogP contribution is -2.19. The van der Waals surface area contributed by atoms with Gasteiger partial charge in [-0.3, -0.25) is 0 Å². The molecule has 6 nitrogen and oxygen atoms in total. The van der Waals surface area contributed by atoms with E-state index in [-0.39, 0.29) is 11.8 Å². The maximum Gasteiger partial charge on any atom is 0.434 e. The van der Waals surface area contributed by atoms with Crippen molar-refractivity contribution in [1.82, 2.24) is 10.2 Å². The Morgan fingerprint density at radius 2 is 2.00 bits per heavy atom. The standard InChI is InChI=1S/C14H17N3O2.C7H8OS/c1-8(12(15)13-16-17-14(18)19-13)10-6-2-4-9-5-3-7-11(9)10;1-8-6-4-2-3-5-7(6)9/h2,4,6,8,12H,3,5,7,15H2,1H3,(H,17,18);2-5,9H,1H3. The van der Waals surface area contributed by atoms with Crippen molar-refractivity contribution in [2.24, 2.45) is 5.73 Å². The number of hydrogen-bond acceptors (Lipinski definition) is 6. The second-order valence-corrected chi connectivity index (χ2v) is 7.26. The first-order chi connectivity index (χ1) is 13.5. The first kappa shape index (κ1) is 20.2. The molecule has 2 atom stereocenters. The van der Waals surface area contributed by atoms with Crippen LogP contribution in [0.25, 0.3) is 0 Å². The Balaban J connectivity index is 0.000000211. The van der Waals surface area contributed by atoms with Gasteiger partial charge in [0.25, 0.3) is 0 Å². The van der Waals surface area contributed by atoms with Crippen molar-refractivity contribution < 1.29 is 9.15 Å². The molecule has 3 aromatic rings. The van der Waals surface area contributed by atoms with Crippen LogP contribution in [0.5, 0.6) is 5.75 Å². The maximum absolute atomic E-state index is 11.0. The van der Waals surface area contributed by atoms with E-state index in [2.05, 4.69) is 41.0 Å². The van der Waals surface area contributed by atoms with Gasteiger partial charge in [-0.2, -0.15) is 0 Å². The number of aromatic amines is 1. The van der Waals surface area contributed by atoms with E-state index in [4.69, 9.17) is 14.9 Å². The van der Waals surface area contributed by atoms with Gasteiger partial charge < -0.3 is 14.9 Å². The van der Waals surface area contributed by atoms with Gasteiger partial charge in [-0.05, 0) is 48.1 Å². The lowest BCUT2D eigenvalue weighted by atomic mass is 9.88. The quantitative estimate of drug-likeness (QED) is 0.582. The first-order valence-electron chi connectivity index (χ1n) is 9.25. The molecule has 28 heavy (non-hydrogen) atoms. The van der Waals surface area contributed by atoms with Crippen molar-refractivity contribution in [2.45, 2.75) is 43.0 Å². The van der Waals surface area contributed by atoms with Crippen LogP contribution in [0, 0.1) is 0 Å². The molecular weight excluding hydrogens is 374 g/mol. The van der Waals surface area contributed by atoms with E-state index in [1.807, 2.05) is 31.2 Å². The van der Waals surface area contributed by atoms with Crippen molar-refractivity contribution in [3.05, 3.63) is 75.6 Å². The normalized spacial score (nSPS) is 14.6. The molecule has 0 fully saturated rings. The molecule has 0 amide bonds. The Labute approximate surface area is 169 Å². The van der Waals surface area contributed by atoms with Crippen LogP contribution in [0.2, 0.25) is 0 Å². The minimum Gasteiger partial charge on any atom is -0.496 e. The highest BCUT2D eigenvalue weighted by Gasteiger charge is 2.25. The summed E-state index contributed by atoms with van der Waals surface area (Å²) in [6.45, 7) is 2.05. The number of fused-ring (bicyclic) bond motifs is 1. The van der Waals surface area contributed by atoms with E-state index in [1.54, 1.807) is 7.11 Å². The van der Waals surface area contributed by atoms with Gasteiger partial charge in [0.2, 0.25) is 5.89 Å². The zero-order valence-corrected chi connectivity index (χ0v) is 16.9. The molecule has 1 aromatic heterocycles. The van der Waals surface area contributed by atoms with Crippen LogP contribution in [0.1, 0.15) is 47.9 Å². The number of aryl methyl sites for hydroxylation is 1. The molecule has 0 aliphatic heterocycles. The van der Waals surface area contributed by atoms with Crippen LogP contribution < -0.4 is 16.2 Å². The smallest absolute Gasteiger partial charge is 0.434 e. The Hall–Kier alpha value is -2.51. The third-order valence-electron chi connectivity index (χ3n) is 5.04. The highest BCUT2D eigenvalue weighted by molar-refractivity contribution is 7.80. The molecule has 4 rings (SSSR count). The number of nitrogens with two attached hydrogens (primary N) is 1. The van der Waals surface area contributed by atoms with Crippen LogP contribution >= 0.6 is 12.6 Å². The number of nitrogens with one attached hydrogen (secondary N) is 1. The molecule has 1 heterocycles. The monoisotopic (exact) mass is 399 g/mol. The van der Waals surface area contributed by atoms with Gasteiger partial charge in [0, 0.05) is 10.8 Å². The van der Waals surface area contributed by atoms with Gasteiger partial charge >= 0.3 is 5.76 Å². The molecule has 2 unspecified atom stereocenters. The van der Waals surface area contributed by atoms with Crippen molar-refractivity contribution >= 4 is 12.6 Å². The number of rotatable bonds is 4. The van der Waals surface area contributed by atoms with E-state index < -0.39 is 11.8 Å². The minimum absolute atomic E-state index is 0.0690. The summed E-state index contributed by atoms with van der Waals surface area (Å²) in [5, 5.41) is 6.08. The second-order valence-electron chi connectivity index (χ2n) is 6.78. The van der Waals surface area contributed by atoms with Crippen molar-refractivity contribution in [3.8, 4) is 5.75 Å². The fourth-order valence-corrected chi connectivity index (χ4v) is 3.75. The molecule has 3 N–H and O–H groups in total. The number of para-hydroxylation sites is 1. The molecule has 0 saturated heterocycles. The second kappa shape index (κ2) is 9.12. The first-order valence-corrected chi connectivity index (χ1v) is 9.69. The third-order valence-corrected chi connectivity index (χ3v) is 5.41. The van der Waals surface area contributed by atoms with Gasteiger partial charge in [0.1, 0.15) is 5.75 Å². The highest BCUT2D eigenvalue weighted by atomic mass is 32.1. The van der Waals surface area contributed by atoms with Gasteiger partial charge in [-0.15, -0.1) is 17.7 Å². The number of thiol groups is 1. The predicted molar refractivity (Wildman–Crippen MR) is 111 cm³/mol. The molecule has 7 heteroatoms.